The fourth-order valence-corrected chi connectivity index (χ4v) is 1.74. The van der Waals surface area contributed by atoms with Gasteiger partial charge < -0.3 is 14.5 Å². The molecule has 0 fully saturated rings. The number of amides is 1. The Labute approximate surface area is 112 Å². The van der Waals surface area contributed by atoms with Gasteiger partial charge in [0, 0.05) is 18.4 Å². The quantitative estimate of drug-likeness (QED) is 0.897. The van der Waals surface area contributed by atoms with Crippen molar-refractivity contribution in [2.75, 3.05) is 13.2 Å². The second kappa shape index (κ2) is 6.27. The van der Waals surface area contributed by atoms with Crippen LogP contribution in [0.3, 0.4) is 0 Å². The van der Waals surface area contributed by atoms with Crippen LogP contribution in [0.5, 0.6) is 0 Å². The van der Waals surface area contributed by atoms with Crippen LogP contribution >= 0.6 is 0 Å². The topological polar surface area (TPSA) is 51.5 Å². The van der Waals surface area contributed by atoms with Crippen molar-refractivity contribution >= 4 is 17.1 Å². The molecule has 1 amide bonds. The number of ether oxygens (including phenoxy) is 1. The van der Waals surface area contributed by atoms with E-state index in [-0.39, 0.29) is 6.09 Å². The van der Waals surface area contributed by atoms with Crippen LogP contribution in [0.1, 0.15) is 19.6 Å². The number of carbonyl (C=O) groups is 1. The Morgan fingerprint density at radius 1 is 1.37 bits per heavy atom. The lowest BCUT2D eigenvalue weighted by molar-refractivity contribution is 0.133. The van der Waals surface area contributed by atoms with Gasteiger partial charge in [0.05, 0.1) is 6.61 Å². The zero-order valence-corrected chi connectivity index (χ0v) is 11.3. The smallest absolute Gasteiger partial charge is 0.407 e. The predicted octanol–water partition coefficient (Wildman–Crippen LogP) is 3.36. The number of hydrogen-bond donors (Lipinski definition) is 1. The molecule has 1 heterocycles. The predicted molar refractivity (Wildman–Crippen MR) is 74.1 cm³/mol. The third-order valence-corrected chi connectivity index (χ3v) is 2.67. The SMILES string of the molecule is CC(C)COC(=O)NCCc1cc2ccccc2o1. The van der Waals surface area contributed by atoms with Gasteiger partial charge in [-0.15, -0.1) is 0 Å². The van der Waals surface area contributed by atoms with Crippen molar-refractivity contribution in [3.05, 3.63) is 36.1 Å². The fourth-order valence-electron chi connectivity index (χ4n) is 1.74. The fraction of sp³-hybridized carbons (Fsp3) is 0.400. The Hall–Kier alpha value is -1.97. The maximum Gasteiger partial charge on any atom is 0.407 e. The minimum atomic E-state index is -0.371. The Kier molecular flexibility index (Phi) is 4.44. The van der Waals surface area contributed by atoms with Gasteiger partial charge in [-0.2, -0.15) is 0 Å². The number of benzene rings is 1. The van der Waals surface area contributed by atoms with Gasteiger partial charge >= 0.3 is 6.09 Å². The summed E-state index contributed by atoms with van der Waals surface area (Å²) in [4.78, 5) is 11.3. The average Bonchev–Trinajstić information content (AvgIpc) is 2.79. The number of nitrogens with one attached hydrogen (secondary N) is 1. The summed E-state index contributed by atoms with van der Waals surface area (Å²) in [7, 11) is 0. The highest BCUT2D eigenvalue weighted by atomic mass is 16.5. The van der Waals surface area contributed by atoms with Crippen LogP contribution in [0.2, 0.25) is 0 Å². The minimum absolute atomic E-state index is 0.348. The van der Waals surface area contributed by atoms with Crippen LogP contribution in [-0.4, -0.2) is 19.2 Å². The van der Waals surface area contributed by atoms with Crippen molar-refractivity contribution in [2.24, 2.45) is 5.92 Å². The van der Waals surface area contributed by atoms with E-state index in [0.717, 1.165) is 16.7 Å². The van der Waals surface area contributed by atoms with Gasteiger partial charge in [-0.05, 0) is 18.1 Å². The van der Waals surface area contributed by atoms with Crippen LogP contribution in [0.4, 0.5) is 4.79 Å². The van der Waals surface area contributed by atoms with Crippen LogP contribution in [-0.2, 0) is 11.2 Å². The molecule has 19 heavy (non-hydrogen) atoms. The molecule has 2 aromatic rings. The highest BCUT2D eigenvalue weighted by Gasteiger charge is 2.05. The minimum Gasteiger partial charge on any atom is -0.461 e. The van der Waals surface area contributed by atoms with Gasteiger partial charge in [-0.25, -0.2) is 4.79 Å². The second-order valence-electron chi connectivity index (χ2n) is 4.92. The number of alkyl carbamates (subject to hydrolysis) is 1. The van der Waals surface area contributed by atoms with Gasteiger partial charge in [-0.1, -0.05) is 32.0 Å². The maximum absolute atomic E-state index is 11.3. The van der Waals surface area contributed by atoms with Gasteiger partial charge in [-0.3, -0.25) is 0 Å². The number of para-hydroxylation sites is 1. The molecule has 1 aromatic carbocycles. The van der Waals surface area contributed by atoms with Crippen molar-refractivity contribution in [3.8, 4) is 0 Å². The molecule has 0 radical (unpaired) electrons. The number of rotatable bonds is 5. The van der Waals surface area contributed by atoms with Gasteiger partial charge in [0.25, 0.3) is 0 Å². The van der Waals surface area contributed by atoms with E-state index in [9.17, 15) is 4.79 Å². The van der Waals surface area contributed by atoms with Gasteiger partial charge in [0.1, 0.15) is 11.3 Å². The summed E-state index contributed by atoms with van der Waals surface area (Å²) in [5.74, 6) is 1.21. The van der Waals surface area contributed by atoms with Gasteiger partial charge in [0.15, 0.2) is 0 Å². The van der Waals surface area contributed by atoms with Crippen molar-refractivity contribution in [1.82, 2.24) is 5.32 Å². The first-order chi connectivity index (χ1) is 9.15. The van der Waals surface area contributed by atoms with Crippen LogP contribution < -0.4 is 5.32 Å². The molecule has 0 saturated heterocycles. The average molecular weight is 261 g/mol. The maximum atomic E-state index is 11.3. The summed E-state index contributed by atoms with van der Waals surface area (Å²) in [6.07, 6.45) is 0.288. The highest BCUT2D eigenvalue weighted by molar-refractivity contribution is 5.77. The Balaban J connectivity index is 1.77. The Morgan fingerprint density at radius 2 is 2.16 bits per heavy atom. The van der Waals surface area contributed by atoms with Crippen molar-refractivity contribution in [2.45, 2.75) is 20.3 Å². The van der Waals surface area contributed by atoms with E-state index in [0.29, 0.717) is 25.5 Å². The summed E-state index contributed by atoms with van der Waals surface area (Å²) in [6.45, 7) is 4.95. The van der Waals surface area contributed by atoms with Gasteiger partial charge in [0.2, 0.25) is 0 Å². The zero-order valence-electron chi connectivity index (χ0n) is 11.3. The molecule has 2 rings (SSSR count). The molecule has 0 aliphatic heterocycles. The summed E-state index contributed by atoms with van der Waals surface area (Å²) >= 11 is 0. The van der Waals surface area contributed by atoms with E-state index >= 15 is 0 Å². The molecular weight excluding hydrogens is 242 g/mol. The summed E-state index contributed by atoms with van der Waals surface area (Å²) in [5.41, 5.74) is 0.875. The number of furan rings is 1. The van der Waals surface area contributed by atoms with Crippen molar-refractivity contribution in [3.63, 3.8) is 0 Å². The van der Waals surface area contributed by atoms with Crippen LogP contribution in [0.15, 0.2) is 34.7 Å². The first-order valence-electron chi connectivity index (χ1n) is 6.53. The second-order valence-corrected chi connectivity index (χ2v) is 4.92. The molecule has 0 aliphatic rings. The number of carbonyl (C=O) groups excluding carboxylic acids is 1. The molecule has 0 aliphatic carbocycles. The van der Waals surface area contributed by atoms with E-state index in [1.807, 2.05) is 44.2 Å². The lowest BCUT2D eigenvalue weighted by Gasteiger charge is -2.07. The summed E-state index contributed by atoms with van der Waals surface area (Å²) in [5, 5.41) is 3.79. The highest BCUT2D eigenvalue weighted by Crippen LogP contribution is 2.18. The third-order valence-electron chi connectivity index (χ3n) is 2.67. The molecule has 0 bridgehead atoms. The lowest BCUT2D eigenvalue weighted by Crippen LogP contribution is -2.27. The van der Waals surface area contributed by atoms with Crippen molar-refractivity contribution < 1.29 is 13.9 Å². The molecule has 0 saturated carbocycles. The zero-order chi connectivity index (χ0) is 13.7. The van der Waals surface area contributed by atoms with E-state index in [4.69, 9.17) is 9.15 Å². The third kappa shape index (κ3) is 4.02. The standard InChI is InChI=1S/C15H19NO3/c1-11(2)10-18-15(17)16-8-7-13-9-12-5-3-4-6-14(12)19-13/h3-6,9,11H,7-8,10H2,1-2H3,(H,16,17). The normalized spacial score (nSPS) is 10.9. The monoisotopic (exact) mass is 261 g/mol. The largest absolute Gasteiger partial charge is 0.461 e. The first kappa shape index (κ1) is 13.5. The van der Waals surface area contributed by atoms with E-state index in [2.05, 4.69) is 5.32 Å². The molecular formula is C15H19NO3. The molecule has 4 nitrogen and oxygen atoms in total. The van der Waals surface area contributed by atoms with Crippen LogP contribution in [0.25, 0.3) is 11.0 Å². The molecule has 1 N–H and O–H groups in total. The molecule has 0 atom stereocenters. The Morgan fingerprint density at radius 3 is 2.89 bits per heavy atom. The molecule has 4 heteroatoms. The van der Waals surface area contributed by atoms with E-state index in [1.54, 1.807) is 0 Å². The number of hydrogen-bond acceptors (Lipinski definition) is 3. The molecule has 0 spiro atoms. The van der Waals surface area contributed by atoms with Crippen LogP contribution in [0, 0.1) is 5.92 Å². The summed E-state index contributed by atoms with van der Waals surface area (Å²) < 4.78 is 10.7. The Bertz CT molecular complexity index is 512. The summed E-state index contributed by atoms with van der Waals surface area (Å²) in [6, 6.07) is 9.85. The first-order valence-corrected chi connectivity index (χ1v) is 6.53. The molecule has 102 valence electrons. The van der Waals surface area contributed by atoms with E-state index in [1.165, 1.54) is 0 Å². The lowest BCUT2D eigenvalue weighted by atomic mass is 10.2. The van der Waals surface area contributed by atoms with Crippen molar-refractivity contribution in [1.29, 1.82) is 0 Å². The molecule has 1 aromatic heterocycles. The van der Waals surface area contributed by atoms with E-state index < -0.39 is 0 Å². The molecule has 0 unspecified atom stereocenters. The number of fused-ring (bicyclic) bond motifs is 1.